The van der Waals surface area contributed by atoms with Crippen LogP contribution in [0.2, 0.25) is 0 Å². The molecule has 0 unspecified atom stereocenters. The molecule has 1 aromatic heterocycles. The van der Waals surface area contributed by atoms with E-state index in [0.717, 1.165) is 16.5 Å². The van der Waals surface area contributed by atoms with Crippen molar-refractivity contribution in [1.29, 1.82) is 0 Å². The molecule has 2 aliphatic rings. The lowest BCUT2D eigenvalue weighted by atomic mass is 8.36. The largest absolute Gasteiger partial charge is 0.282 e. The maximum absolute atomic E-state index is 6.81. The number of pyridine rings is 1. The van der Waals surface area contributed by atoms with Crippen molar-refractivity contribution >= 4 is 277 Å². The minimum absolute atomic E-state index is 0.401. The average Bonchev–Trinajstić information content (AvgIpc) is 2.92. The van der Waals surface area contributed by atoms with Crippen molar-refractivity contribution in [3.8, 4) is 0 Å². The van der Waals surface area contributed by atoms with E-state index >= 15 is 0 Å². The molecule has 2 aliphatic heterocycles. The summed E-state index contributed by atoms with van der Waals surface area (Å²) in [5, 5.41) is 0. The van der Waals surface area contributed by atoms with Crippen LogP contribution in [0, 0.1) is 6.92 Å². The number of aromatic nitrogens is 1. The third kappa shape index (κ3) is 7.56. The van der Waals surface area contributed by atoms with Gasteiger partial charge in [-0.2, -0.15) is 0 Å². The fourth-order valence-corrected chi connectivity index (χ4v) is 7.69. The van der Waals surface area contributed by atoms with Crippen molar-refractivity contribution in [3.63, 3.8) is 0 Å². The highest BCUT2D eigenvalue weighted by Crippen LogP contribution is 2.18. The Hall–Kier alpha value is 1.49. The van der Waals surface area contributed by atoms with Crippen LogP contribution < -0.4 is 22.1 Å². The van der Waals surface area contributed by atoms with Crippen molar-refractivity contribution in [2.45, 2.75) is 6.92 Å². The summed E-state index contributed by atoms with van der Waals surface area (Å²) in [7, 11) is 108. The van der Waals surface area contributed by atoms with E-state index in [1.54, 1.807) is 0 Å². The van der Waals surface area contributed by atoms with Gasteiger partial charge in [-0.15, -0.1) is 0 Å². The van der Waals surface area contributed by atoms with Gasteiger partial charge in [0.2, 0.25) is 0 Å². The van der Waals surface area contributed by atoms with Gasteiger partial charge >= 0.3 is 0 Å². The molecule has 0 aliphatic carbocycles. The molecule has 3 heterocycles. The van der Waals surface area contributed by atoms with Crippen LogP contribution in [-0.2, 0) is 0 Å². The minimum atomic E-state index is -1.00. The monoisotopic (exact) mass is 485 g/mol. The van der Waals surface area contributed by atoms with Gasteiger partial charge < -0.3 is 0 Å². The molecule has 3 rings (SSSR count). The highest BCUT2D eigenvalue weighted by atomic mass is 14.7. The molecule has 36 radical (unpaired) electrons. The molecule has 0 atom stereocenters. The zero-order valence-electron chi connectivity index (χ0n) is 24.7. The summed E-state index contributed by atoms with van der Waals surface area (Å²) in [6.45, 7) is 0.0867. The van der Waals surface area contributed by atoms with Crippen LogP contribution in [0.25, 0.3) is 0 Å². The molecule has 0 amide bonds. The maximum atomic E-state index is 6.81. The van der Waals surface area contributed by atoms with Gasteiger partial charge in [0.25, 0.3) is 0 Å². The molecule has 0 saturated carbocycles. The van der Waals surface area contributed by atoms with Gasteiger partial charge in [-0.25, -0.2) is 0 Å². The fraction of sp³-hybridized carbons (Fsp3) is 0.167. The molecule has 0 fully saturated rings. The van der Waals surface area contributed by atoms with Gasteiger partial charge in [0.05, 0.1) is 13.7 Å². The van der Waals surface area contributed by atoms with Gasteiger partial charge in [0.1, 0.15) is 13.0 Å². The Morgan fingerprint density at radius 1 is 0.698 bits per heavy atom. The fourth-order valence-electron chi connectivity index (χ4n) is 7.69. The predicted molar refractivity (Wildman–Crippen MR) is 235 cm³/mol. The van der Waals surface area contributed by atoms with E-state index in [9.17, 15) is 0 Å². The lowest BCUT2D eigenvalue weighted by Crippen LogP contribution is -2.94. The summed E-state index contributed by atoms with van der Waals surface area (Å²) in [4.78, 5) is 5.23. The standard InChI is InChI=1S/C6H3B36N/c1-2-3-5(28(30(10)11)38(25-8)35(20)23-3)43-6-4(2)27(40(33(16)17)34(18)19)42(39(26-9)32(14)15)41(37(22)31(12)13)29(6)36(21)24-7/h1H3. The number of fused-ring (bicyclic) bond motifs is 2. The van der Waals surface area contributed by atoms with Crippen LogP contribution in [-0.4, -0.2) is 260 Å². The van der Waals surface area contributed by atoms with Gasteiger partial charge in [-0.3, -0.25) is 4.98 Å². The van der Waals surface area contributed by atoms with Crippen LogP contribution in [0.1, 0.15) is 5.56 Å². The summed E-state index contributed by atoms with van der Waals surface area (Å²) in [6.07, 6.45) is -10.1. The Morgan fingerprint density at radius 2 is 1.28 bits per heavy atom. The van der Waals surface area contributed by atoms with Crippen molar-refractivity contribution in [1.82, 2.24) is 4.98 Å². The maximum Gasteiger partial charge on any atom is 0.103 e. The first-order valence-corrected chi connectivity index (χ1v) is 14.4. The first kappa shape index (κ1) is 38.9. The molecular weight excluding hydrogens is 475 g/mol. The van der Waals surface area contributed by atoms with E-state index in [1.807, 2.05) is 14.1 Å². The Kier molecular flexibility index (Phi) is 14.7. The smallest absolute Gasteiger partial charge is 0.103 e. The number of rotatable bonds is 12. The molecule has 0 N–H and O–H groups in total. The van der Waals surface area contributed by atoms with Crippen molar-refractivity contribution in [2.24, 2.45) is 0 Å². The van der Waals surface area contributed by atoms with E-state index in [0.29, 0.717) is 11.2 Å². The molecule has 37 heteroatoms. The molecule has 1 aromatic rings. The molecular formula is C6H3B36N. The van der Waals surface area contributed by atoms with Crippen LogP contribution in [0.4, 0.5) is 0 Å². The first-order chi connectivity index (χ1) is 20.1. The lowest BCUT2D eigenvalue weighted by Gasteiger charge is -2.53. The predicted octanol–water partition coefficient (Wildman–Crippen LogP) is -15.6. The second-order valence-corrected chi connectivity index (χ2v) is 12.2. The summed E-state index contributed by atoms with van der Waals surface area (Å²) >= 11 is 0. The van der Waals surface area contributed by atoms with Gasteiger partial charge in [0, 0.05) is 228 Å². The molecule has 0 bridgehead atoms. The highest BCUT2D eigenvalue weighted by molar-refractivity contribution is 8.22. The first-order valence-electron chi connectivity index (χ1n) is 14.4. The SMILES string of the molecule is [B][B]B([B])B1B(B([B])B([B])[B])B(B([B][B])B([B])[B])B(B(B([B])[B])B([B])[B])c2c1nc1c(c2C)[B]B([B])B([B][B])B1B([B])[B]. The number of nitrogens with zero attached hydrogens (tertiary/aromatic N) is 1. The third-order valence-electron chi connectivity index (χ3n) is 9.64. The zero-order chi connectivity index (χ0) is 32.7. The van der Waals surface area contributed by atoms with E-state index in [-0.39, 0.29) is 0 Å². The molecule has 43 heavy (non-hydrogen) atoms. The Balaban J connectivity index is 2.58. The van der Waals surface area contributed by atoms with Crippen molar-refractivity contribution in [2.75, 3.05) is 0 Å². The summed E-state index contributed by atoms with van der Waals surface area (Å²) in [6, 6.07) is 0. The number of hydrogen-bond donors (Lipinski definition) is 0. The van der Waals surface area contributed by atoms with Gasteiger partial charge in [-0.05, 0) is 18.1 Å². The second-order valence-electron chi connectivity index (χ2n) is 12.2. The van der Waals surface area contributed by atoms with Gasteiger partial charge in [0.15, 0.2) is 0 Å². The topological polar surface area (TPSA) is 12.9 Å². The Labute approximate surface area is 292 Å². The summed E-state index contributed by atoms with van der Waals surface area (Å²) in [5.74, 6) is 0. The summed E-state index contributed by atoms with van der Waals surface area (Å²) in [5.41, 5.74) is 3.39. The molecule has 140 valence electrons. The van der Waals surface area contributed by atoms with Crippen LogP contribution in [0.5, 0.6) is 0 Å². The van der Waals surface area contributed by atoms with E-state index in [2.05, 4.69) is 0 Å². The van der Waals surface area contributed by atoms with Crippen LogP contribution >= 0.6 is 0 Å². The summed E-state index contributed by atoms with van der Waals surface area (Å²) < 4.78 is 0. The van der Waals surface area contributed by atoms with E-state index in [4.69, 9.17) is 129 Å². The molecule has 0 saturated heterocycles. The molecule has 0 spiro atoms. The Morgan fingerprint density at radius 3 is 1.70 bits per heavy atom. The lowest BCUT2D eigenvalue weighted by molar-refractivity contribution is 1.44. The van der Waals surface area contributed by atoms with Crippen LogP contribution in [0.3, 0.4) is 0 Å². The zero-order valence-corrected chi connectivity index (χ0v) is 24.7. The van der Waals surface area contributed by atoms with E-state index < -0.39 is 102 Å². The Bertz CT molecular complexity index is 1050. The normalized spacial score (nSPS) is 13.7. The van der Waals surface area contributed by atoms with Crippen molar-refractivity contribution < 1.29 is 0 Å². The minimum Gasteiger partial charge on any atom is -0.282 e. The third-order valence-corrected chi connectivity index (χ3v) is 9.64. The van der Waals surface area contributed by atoms with Crippen LogP contribution in [0.15, 0.2) is 0 Å². The average molecular weight is 478 g/mol. The second kappa shape index (κ2) is 16.3. The van der Waals surface area contributed by atoms with Crippen molar-refractivity contribution in [3.05, 3.63) is 5.56 Å². The quantitative estimate of drug-likeness (QED) is 0.272. The number of hydrogen-bond acceptors (Lipinski definition) is 1. The molecule has 1 nitrogen and oxygen atoms in total. The van der Waals surface area contributed by atoms with E-state index in [1.165, 1.54) is 21.2 Å². The molecule has 0 aromatic carbocycles. The van der Waals surface area contributed by atoms with Gasteiger partial charge in [-0.1, -0.05) is 16.5 Å². The highest BCUT2D eigenvalue weighted by Gasteiger charge is 2.58.